The van der Waals surface area contributed by atoms with Gasteiger partial charge in [0, 0.05) is 25.6 Å². The Morgan fingerprint density at radius 3 is 2.47 bits per heavy atom. The fourth-order valence-corrected chi connectivity index (χ4v) is 2.91. The fraction of sp³-hybridized carbons (Fsp3) is 0.846. The third-order valence-corrected chi connectivity index (χ3v) is 4.22. The van der Waals surface area contributed by atoms with Crippen LogP contribution in [0, 0.1) is 5.92 Å². The van der Waals surface area contributed by atoms with Crippen molar-refractivity contribution < 1.29 is 14.3 Å². The second kappa shape index (κ2) is 6.34. The molecule has 4 N–H and O–H groups in total. The predicted octanol–water partition coefficient (Wildman–Crippen LogP) is -0.476. The SMILES string of the molecule is COC1CNC(C(=O)NC2CCC(C(N)=O)CC2)C1. The van der Waals surface area contributed by atoms with E-state index in [1.54, 1.807) is 7.11 Å². The number of rotatable bonds is 4. The molecule has 0 aromatic carbocycles. The lowest BCUT2D eigenvalue weighted by Gasteiger charge is -2.28. The quantitative estimate of drug-likeness (QED) is 0.643. The van der Waals surface area contributed by atoms with Crippen molar-refractivity contribution in [2.24, 2.45) is 11.7 Å². The Bertz CT molecular complexity index is 340. The zero-order chi connectivity index (χ0) is 13.8. The predicted molar refractivity (Wildman–Crippen MR) is 70.3 cm³/mol. The number of nitrogens with two attached hydrogens (primary N) is 1. The Morgan fingerprint density at radius 1 is 1.26 bits per heavy atom. The Labute approximate surface area is 113 Å². The standard InChI is InChI=1S/C13H23N3O3/c1-19-10-6-11(15-7-10)13(18)16-9-4-2-8(3-5-9)12(14)17/h8-11,15H,2-7H2,1H3,(H2,14,17)(H,16,18). The first-order valence-electron chi connectivity index (χ1n) is 6.96. The molecule has 0 aromatic heterocycles. The highest BCUT2D eigenvalue weighted by Crippen LogP contribution is 2.24. The van der Waals surface area contributed by atoms with Gasteiger partial charge < -0.3 is 21.1 Å². The summed E-state index contributed by atoms with van der Waals surface area (Å²) in [4.78, 5) is 23.1. The minimum absolute atomic E-state index is 0.0179. The number of ether oxygens (including phenoxy) is 1. The number of methoxy groups -OCH3 is 1. The maximum absolute atomic E-state index is 12.1. The number of hydrogen-bond acceptors (Lipinski definition) is 4. The van der Waals surface area contributed by atoms with E-state index >= 15 is 0 Å². The van der Waals surface area contributed by atoms with E-state index in [4.69, 9.17) is 10.5 Å². The maximum atomic E-state index is 12.1. The second-order valence-corrected chi connectivity index (χ2v) is 5.51. The van der Waals surface area contributed by atoms with E-state index in [-0.39, 0.29) is 35.9 Å². The minimum atomic E-state index is -0.217. The largest absolute Gasteiger partial charge is 0.380 e. The Hall–Kier alpha value is -1.14. The van der Waals surface area contributed by atoms with Gasteiger partial charge >= 0.3 is 0 Å². The molecule has 19 heavy (non-hydrogen) atoms. The summed E-state index contributed by atoms with van der Waals surface area (Å²) >= 11 is 0. The third kappa shape index (κ3) is 3.67. The zero-order valence-electron chi connectivity index (χ0n) is 11.4. The molecule has 2 atom stereocenters. The normalized spacial score (nSPS) is 35.0. The van der Waals surface area contributed by atoms with Crippen LogP contribution in [0.3, 0.4) is 0 Å². The van der Waals surface area contributed by atoms with Crippen molar-refractivity contribution in [1.29, 1.82) is 0 Å². The molecule has 6 nitrogen and oxygen atoms in total. The molecule has 1 aliphatic carbocycles. The summed E-state index contributed by atoms with van der Waals surface area (Å²) in [6, 6.07) is 0.0188. The highest BCUT2D eigenvalue weighted by atomic mass is 16.5. The smallest absolute Gasteiger partial charge is 0.237 e. The van der Waals surface area contributed by atoms with Gasteiger partial charge in [-0.25, -0.2) is 0 Å². The Balaban J connectivity index is 1.73. The number of hydrogen-bond donors (Lipinski definition) is 3. The van der Waals surface area contributed by atoms with E-state index in [9.17, 15) is 9.59 Å². The molecule has 1 heterocycles. The number of nitrogens with one attached hydrogen (secondary N) is 2. The number of amides is 2. The van der Waals surface area contributed by atoms with Crippen LogP contribution in [0.1, 0.15) is 32.1 Å². The lowest BCUT2D eigenvalue weighted by molar-refractivity contribution is -0.124. The lowest BCUT2D eigenvalue weighted by atomic mass is 9.85. The number of carbonyl (C=O) groups is 2. The maximum Gasteiger partial charge on any atom is 0.237 e. The van der Waals surface area contributed by atoms with Gasteiger partial charge in [0.25, 0.3) is 0 Å². The molecule has 0 radical (unpaired) electrons. The average molecular weight is 269 g/mol. The molecule has 6 heteroatoms. The van der Waals surface area contributed by atoms with Crippen LogP contribution in [0.25, 0.3) is 0 Å². The molecule has 0 bridgehead atoms. The van der Waals surface area contributed by atoms with Gasteiger partial charge in [-0.2, -0.15) is 0 Å². The summed E-state index contributed by atoms with van der Waals surface area (Å²) in [6.45, 7) is 0.725. The van der Waals surface area contributed by atoms with Gasteiger partial charge in [0.1, 0.15) is 0 Å². The van der Waals surface area contributed by atoms with Crippen LogP contribution in [0.2, 0.25) is 0 Å². The monoisotopic (exact) mass is 269 g/mol. The van der Waals surface area contributed by atoms with Gasteiger partial charge in [-0.05, 0) is 32.1 Å². The third-order valence-electron chi connectivity index (χ3n) is 4.22. The van der Waals surface area contributed by atoms with E-state index in [0.717, 1.165) is 38.6 Å². The minimum Gasteiger partial charge on any atom is -0.380 e. The first-order valence-corrected chi connectivity index (χ1v) is 6.96. The molecule has 2 amide bonds. The van der Waals surface area contributed by atoms with Crippen LogP contribution in [-0.4, -0.2) is 43.7 Å². The van der Waals surface area contributed by atoms with E-state index in [0.29, 0.717) is 0 Å². The molecule has 1 aliphatic heterocycles. The van der Waals surface area contributed by atoms with Gasteiger partial charge in [-0.1, -0.05) is 0 Å². The molecule has 2 aliphatic rings. The van der Waals surface area contributed by atoms with Crippen LogP contribution >= 0.6 is 0 Å². The number of carbonyl (C=O) groups excluding carboxylic acids is 2. The highest BCUT2D eigenvalue weighted by Gasteiger charge is 2.32. The van der Waals surface area contributed by atoms with Crippen molar-refractivity contribution in [2.75, 3.05) is 13.7 Å². The van der Waals surface area contributed by atoms with Crippen molar-refractivity contribution in [3.05, 3.63) is 0 Å². The highest BCUT2D eigenvalue weighted by molar-refractivity contribution is 5.82. The summed E-state index contributed by atoms with van der Waals surface area (Å²) in [7, 11) is 1.66. The van der Waals surface area contributed by atoms with Crippen LogP contribution < -0.4 is 16.4 Å². The van der Waals surface area contributed by atoms with Crippen molar-refractivity contribution in [3.8, 4) is 0 Å². The molecule has 2 unspecified atom stereocenters. The van der Waals surface area contributed by atoms with Crippen LogP contribution in [0.5, 0.6) is 0 Å². The van der Waals surface area contributed by atoms with Crippen molar-refractivity contribution in [2.45, 2.75) is 50.3 Å². The Morgan fingerprint density at radius 2 is 1.95 bits per heavy atom. The lowest BCUT2D eigenvalue weighted by Crippen LogP contribution is -2.46. The first-order chi connectivity index (χ1) is 9.10. The molecule has 1 saturated heterocycles. The number of primary amides is 1. The molecular formula is C13H23N3O3. The van der Waals surface area contributed by atoms with Crippen LogP contribution in [0.4, 0.5) is 0 Å². The summed E-state index contributed by atoms with van der Waals surface area (Å²) < 4.78 is 5.23. The molecular weight excluding hydrogens is 246 g/mol. The summed E-state index contributed by atoms with van der Waals surface area (Å²) in [5.74, 6) is -0.192. The second-order valence-electron chi connectivity index (χ2n) is 5.51. The van der Waals surface area contributed by atoms with Crippen molar-refractivity contribution in [3.63, 3.8) is 0 Å². The first kappa shape index (κ1) is 14.3. The summed E-state index contributed by atoms with van der Waals surface area (Å²) in [5, 5.41) is 6.22. The molecule has 0 aromatic rings. The fourth-order valence-electron chi connectivity index (χ4n) is 2.91. The van der Waals surface area contributed by atoms with E-state index in [2.05, 4.69) is 10.6 Å². The van der Waals surface area contributed by atoms with Gasteiger partial charge in [0.15, 0.2) is 0 Å². The summed E-state index contributed by atoms with van der Waals surface area (Å²) in [5.41, 5.74) is 5.29. The molecule has 2 fully saturated rings. The Kier molecular flexibility index (Phi) is 4.76. The van der Waals surface area contributed by atoms with E-state index < -0.39 is 0 Å². The average Bonchev–Trinajstić information content (AvgIpc) is 2.88. The summed E-state index contributed by atoms with van der Waals surface area (Å²) in [6.07, 6.45) is 4.07. The van der Waals surface area contributed by atoms with E-state index in [1.807, 2.05) is 0 Å². The van der Waals surface area contributed by atoms with E-state index in [1.165, 1.54) is 0 Å². The van der Waals surface area contributed by atoms with Gasteiger partial charge in [0.2, 0.25) is 11.8 Å². The molecule has 2 rings (SSSR count). The molecule has 1 saturated carbocycles. The zero-order valence-corrected chi connectivity index (χ0v) is 11.4. The molecule has 108 valence electrons. The topological polar surface area (TPSA) is 93.4 Å². The van der Waals surface area contributed by atoms with Gasteiger partial charge in [-0.3, -0.25) is 9.59 Å². The van der Waals surface area contributed by atoms with Crippen molar-refractivity contribution in [1.82, 2.24) is 10.6 Å². The van der Waals surface area contributed by atoms with Crippen LogP contribution in [-0.2, 0) is 14.3 Å². The van der Waals surface area contributed by atoms with Crippen LogP contribution in [0.15, 0.2) is 0 Å². The van der Waals surface area contributed by atoms with Crippen molar-refractivity contribution >= 4 is 11.8 Å². The van der Waals surface area contributed by atoms with Gasteiger partial charge in [0.05, 0.1) is 12.1 Å². The van der Waals surface area contributed by atoms with Gasteiger partial charge in [-0.15, -0.1) is 0 Å². The molecule has 0 spiro atoms.